The molecular formula is C17H26F3NO6. The number of carbonyl (C=O) groups is 2. The number of carbonyl (C=O) groups excluding carboxylic acids is 2. The number of cyclic esters (lactones) is 1. The van der Waals surface area contributed by atoms with Crippen molar-refractivity contribution in [2.24, 2.45) is 0 Å². The van der Waals surface area contributed by atoms with Crippen LogP contribution in [0.15, 0.2) is 12.2 Å². The predicted octanol–water partition coefficient (Wildman–Crippen LogP) is 2.74. The molecule has 1 aliphatic heterocycles. The molecule has 0 aliphatic carbocycles. The number of esters is 1. The third kappa shape index (κ3) is 10.2. The average Bonchev–Trinajstić information content (AvgIpc) is 2.53. The maximum absolute atomic E-state index is 12.3. The highest BCUT2D eigenvalue weighted by atomic mass is 19.4. The molecule has 10 heteroatoms. The number of allylic oxidation sites excluding steroid dienone is 1. The second kappa shape index (κ2) is 9.93. The van der Waals surface area contributed by atoms with Gasteiger partial charge < -0.3 is 24.3 Å². The first-order valence-electron chi connectivity index (χ1n) is 8.51. The molecule has 0 spiro atoms. The molecule has 7 nitrogen and oxygen atoms in total. The van der Waals surface area contributed by atoms with Crippen LogP contribution in [-0.4, -0.2) is 61.9 Å². The first-order valence-corrected chi connectivity index (χ1v) is 8.51. The predicted molar refractivity (Wildman–Crippen MR) is 89.1 cm³/mol. The monoisotopic (exact) mass is 397 g/mol. The summed E-state index contributed by atoms with van der Waals surface area (Å²) in [5.41, 5.74) is -0.723. The summed E-state index contributed by atoms with van der Waals surface area (Å²) in [7, 11) is 0. The quantitative estimate of drug-likeness (QED) is 0.580. The topological polar surface area (TPSA) is 83.1 Å². The zero-order valence-corrected chi connectivity index (χ0v) is 15.8. The lowest BCUT2D eigenvalue weighted by atomic mass is 10.2. The van der Waals surface area contributed by atoms with E-state index in [1.54, 1.807) is 20.8 Å². The van der Waals surface area contributed by atoms with Gasteiger partial charge in [-0.2, -0.15) is 13.2 Å². The summed E-state index contributed by atoms with van der Waals surface area (Å²) in [5.74, 6) is -0.696. The number of alkyl halides is 3. The minimum absolute atomic E-state index is 0.0352. The van der Waals surface area contributed by atoms with Crippen molar-refractivity contribution in [3.05, 3.63) is 12.2 Å². The Morgan fingerprint density at radius 3 is 2.59 bits per heavy atom. The first kappa shape index (κ1) is 23.2. The molecule has 1 heterocycles. The Labute approximate surface area is 156 Å². The third-order valence-electron chi connectivity index (χ3n) is 3.35. The number of nitrogens with one attached hydrogen (secondary N) is 1. The van der Waals surface area contributed by atoms with E-state index in [9.17, 15) is 22.8 Å². The van der Waals surface area contributed by atoms with E-state index in [2.05, 4.69) is 5.32 Å². The highest BCUT2D eigenvalue weighted by molar-refractivity contribution is 5.81. The molecule has 0 unspecified atom stereocenters. The molecule has 1 amide bonds. The Bertz CT molecular complexity index is 530. The minimum atomic E-state index is -4.42. The summed E-state index contributed by atoms with van der Waals surface area (Å²) < 4.78 is 57.4. The van der Waals surface area contributed by atoms with Gasteiger partial charge in [-0.3, -0.25) is 0 Å². The number of ether oxygens (including phenoxy) is 4. The number of hydrogen-bond donors (Lipinski definition) is 1. The molecule has 1 aliphatic rings. The Balaban J connectivity index is 2.61. The molecule has 1 fully saturated rings. The Kier molecular flexibility index (Phi) is 8.55. The molecule has 1 N–H and O–H groups in total. The Morgan fingerprint density at radius 2 is 2.00 bits per heavy atom. The van der Waals surface area contributed by atoms with E-state index in [0.717, 1.165) is 6.08 Å². The zero-order valence-electron chi connectivity index (χ0n) is 15.8. The minimum Gasteiger partial charge on any atom is -0.458 e. The normalized spacial score (nSPS) is 25.3. The van der Waals surface area contributed by atoms with Gasteiger partial charge in [0.15, 0.2) is 0 Å². The van der Waals surface area contributed by atoms with Gasteiger partial charge in [-0.05, 0) is 27.7 Å². The summed E-state index contributed by atoms with van der Waals surface area (Å²) in [6.45, 7) is 6.45. The molecule has 0 saturated carbocycles. The van der Waals surface area contributed by atoms with Crippen LogP contribution in [0.5, 0.6) is 0 Å². The van der Waals surface area contributed by atoms with Crippen LogP contribution in [0.4, 0.5) is 18.0 Å². The summed E-state index contributed by atoms with van der Waals surface area (Å²) >= 11 is 0. The van der Waals surface area contributed by atoms with Gasteiger partial charge >= 0.3 is 18.2 Å². The smallest absolute Gasteiger partial charge is 0.409 e. The fraction of sp³-hybridized carbons (Fsp3) is 0.765. The summed E-state index contributed by atoms with van der Waals surface area (Å²) in [6, 6.07) is -0.967. The SMILES string of the molecule is C[C@@H]1OC(=O)[C@@H](NC(=O)OC(C)(C)C)CCOC[C@H]1OC/C=C/C(F)(F)F. The van der Waals surface area contributed by atoms with Gasteiger partial charge in [0.05, 0.1) is 13.2 Å². The van der Waals surface area contributed by atoms with Gasteiger partial charge in [0.2, 0.25) is 0 Å². The second-order valence-corrected chi connectivity index (χ2v) is 7.02. The van der Waals surface area contributed by atoms with Crippen LogP contribution < -0.4 is 5.32 Å². The average molecular weight is 397 g/mol. The van der Waals surface area contributed by atoms with Gasteiger partial charge in [-0.15, -0.1) is 0 Å². The van der Waals surface area contributed by atoms with Gasteiger partial charge in [-0.25, -0.2) is 9.59 Å². The van der Waals surface area contributed by atoms with Crippen LogP contribution in [0.1, 0.15) is 34.1 Å². The maximum Gasteiger partial charge on any atom is 0.409 e. The van der Waals surface area contributed by atoms with E-state index in [4.69, 9.17) is 18.9 Å². The number of hydrogen-bond acceptors (Lipinski definition) is 6. The summed E-state index contributed by atoms with van der Waals surface area (Å²) in [5, 5.41) is 2.43. The maximum atomic E-state index is 12.3. The number of rotatable bonds is 4. The van der Waals surface area contributed by atoms with Crippen LogP contribution in [0, 0.1) is 0 Å². The van der Waals surface area contributed by atoms with Gasteiger partial charge in [-0.1, -0.05) is 6.08 Å². The molecule has 3 atom stereocenters. The molecule has 0 bridgehead atoms. The van der Waals surface area contributed by atoms with Crippen LogP contribution in [0.2, 0.25) is 0 Å². The molecule has 0 radical (unpaired) electrons. The lowest BCUT2D eigenvalue weighted by molar-refractivity contribution is -0.158. The molecule has 1 saturated heterocycles. The van der Waals surface area contributed by atoms with E-state index in [-0.39, 0.29) is 32.3 Å². The molecule has 27 heavy (non-hydrogen) atoms. The standard InChI is InChI=1S/C17H26F3NO6/c1-11-13(25-8-5-7-17(18,19)20)10-24-9-6-12(14(22)26-11)21-15(23)27-16(2,3)4/h5,7,11-13H,6,8-10H2,1-4H3,(H,21,23)/b7-5+/t11-,12-,13+/m0/s1. The second-order valence-electron chi connectivity index (χ2n) is 7.02. The van der Waals surface area contributed by atoms with E-state index in [1.165, 1.54) is 6.92 Å². The molecule has 156 valence electrons. The van der Waals surface area contributed by atoms with Crippen molar-refractivity contribution in [2.75, 3.05) is 19.8 Å². The van der Waals surface area contributed by atoms with Gasteiger partial charge in [0, 0.05) is 19.1 Å². The third-order valence-corrected chi connectivity index (χ3v) is 3.35. The largest absolute Gasteiger partial charge is 0.458 e. The highest BCUT2D eigenvalue weighted by Gasteiger charge is 2.31. The molecular weight excluding hydrogens is 371 g/mol. The highest BCUT2D eigenvalue weighted by Crippen LogP contribution is 2.16. The number of alkyl carbamates (subject to hydrolysis) is 1. The lowest BCUT2D eigenvalue weighted by Gasteiger charge is -2.25. The number of halogens is 3. The summed E-state index contributed by atoms with van der Waals surface area (Å²) in [6.07, 6.45) is -5.65. The van der Waals surface area contributed by atoms with Gasteiger partial charge in [0.1, 0.15) is 23.9 Å². The Morgan fingerprint density at radius 1 is 1.33 bits per heavy atom. The summed E-state index contributed by atoms with van der Waals surface area (Å²) in [4.78, 5) is 24.1. The molecule has 0 aromatic heterocycles. The van der Waals surface area contributed by atoms with Crippen molar-refractivity contribution in [3.63, 3.8) is 0 Å². The fourth-order valence-electron chi connectivity index (χ4n) is 2.12. The Hall–Kier alpha value is -1.81. The van der Waals surface area contributed by atoms with Crippen molar-refractivity contribution < 1.29 is 41.7 Å². The first-order chi connectivity index (χ1) is 12.4. The van der Waals surface area contributed by atoms with E-state index in [1.807, 2.05) is 0 Å². The fourth-order valence-corrected chi connectivity index (χ4v) is 2.12. The zero-order chi connectivity index (χ0) is 20.7. The molecule has 0 aromatic carbocycles. The van der Waals surface area contributed by atoms with Crippen LogP contribution >= 0.6 is 0 Å². The van der Waals surface area contributed by atoms with Crippen molar-refractivity contribution in [2.45, 2.75) is 64.1 Å². The van der Waals surface area contributed by atoms with Crippen molar-refractivity contribution in [3.8, 4) is 0 Å². The molecule has 1 rings (SSSR count). The van der Waals surface area contributed by atoms with Crippen LogP contribution in [0.25, 0.3) is 0 Å². The van der Waals surface area contributed by atoms with Gasteiger partial charge in [0.25, 0.3) is 0 Å². The molecule has 0 aromatic rings. The number of amides is 1. The van der Waals surface area contributed by atoms with E-state index >= 15 is 0 Å². The van der Waals surface area contributed by atoms with E-state index < -0.39 is 42.1 Å². The lowest BCUT2D eigenvalue weighted by Crippen LogP contribution is -2.46. The van der Waals surface area contributed by atoms with Crippen molar-refractivity contribution in [1.82, 2.24) is 5.32 Å². The van der Waals surface area contributed by atoms with Crippen molar-refractivity contribution >= 4 is 12.1 Å². The van der Waals surface area contributed by atoms with Crippen molar-refractivity contribution in [1.29, 1.82) is 0 Å². The van der Waals surface area contributed by atoms with Crippen LogP contribution in [-0.2, 0) is 23.7 Å². The van der Waals surface area contributed by atoms with E-state index in [0.29, 0.717) is 0 Å². The van der Waals surface area contributed by atoms with Crippen LogP contribution in [0.3, 0.4) is 0 Å².